The number of nitrogens with two attached hydrogens (primary N) is 1. The van der Waals surface area contributed by atoms with Crippen LogP contribution in [0.5, 0.6) is 0 Å². The lowest BCUT2D eigenvalue weighted by molar-refractivity contribution is -0.0770. The van der Waals surface area contributed by atoms with E-state index in [1.165, 1.54) is 0 Å². The first-order valence-corrected chi connectivity index (χ1v) is 6.48. The quantitative estimate of drug-likeness (QED) is 0.848. The summed E-state index contributed by atoms with van der Waals surface area (Å²) in [4.78, 5) is 4.45. The van der Waals surface area contributed by atoms with Gasteiger partial charge in [-0.05, 0) is 32.6 Å². The van der Waals surface area contributed by atoms with Crippen LogP contribution in [0, 0.1) is 0 Å². The maximum absolute atomic E-state index is 6.20. The maximum Gasteiger partial charge on any atom is 0.249 e. The van der Waals surface area contributed by atoms with Crippen molar-refractivity contribution in [2.24, 2.45) is 5.73 Å². The highest BCUT2D eigenvalue weighted by Crippen LogP contribution is 2.34. The minimum atomic E-state index is -0.629. The average Bonchev–Trinajstić information content (AvgIpc) is 2.99. The number of hydrogen-bond donors (Lipinski definition) is 1. The Hall–Kier alpha value is -0.980. The molecule has 6 nitrogen and oxygen atoms in total. The second kappa shape index (κ2) is 4.29. The summed E-state index contributed by atoms with van der Waals surface area (Å²) in [6, 6.07) is 0. The van der Waals surface area contributed by atoms with E-state index >= 15 is 0 Å². The normalized spacial score (nSPS) is 37.0. The van der Waals surface area contributed by atoms with Crippen LogP contribution in [0.15, 0.2) is 4.52 Å². The third-order valence-corrected chi connectivity index (χ3v) is 3.85. The summed E-state index contributed by atoms with van der Waals surface area (Å²) < 4.78 is 16.4. The van der Waals surface area contributed by atoms with E-state index in [4.69, 9.17) is 19.7 Å². The Labute approximate surface area is 106 Å². The molecule has 2 unspecified atom stereocenters. The Kier molecular flexibility index (Phi) is 2.88. The Balaban J connectivity index is 1.84. The van der Waals surface area contributed by atoms with Gasteiger partial charge in [0, 0.05) is 13.2 Å². The summed E-state index contributed by atoms with van der Waals surface area (Å²) in [6.07, 6.45) is 3.85. The van der Waals surface area contributed by atoms with E-state index < -0.39 is 11.1 Å². The molecule has 1 aromatic rings. The van der Waals surface area contributed by atoms with Gasteiger partial charge in [0.05, 0.1) is 6.61 Å². The lowest BCUT2D eigenvalue weighted by Gasteiger charge is -2.30. The Bertz CT molecular complexity index is 420. The van der Waals surface area contributed by atoms with Gasteiger partial charge in [-0.2, -0.15) is 4.98 Å². The minimum absolute atomic E-state index is 0.435. The molecule has 3 rings (SSSR count). The van der Waals surface area contributed by atoms with Crippen molar-refractivity contribution in [3.05, 3.63) is 11.7 Å². The standard InChI is InChI=1S/C12H19N3O3/c1-11(4-2-3-6-17-11)9-14-10(18-15-9)12(13)5-7-16-8-12/h2-8,13H2,1H3. The van der Waals surface area contributed by atoms with Crippen LogP contribution in [-0.4, -0.2) is 30.0 Å². The maximum atomic E-state index is 6.20. The molecular weight excluding hydrogens is 234 g/mol. The smallest absolute Gasteiger partial charge is 0.249 e. The fourth-order valence-electron chi connectivity index (χ4n) is 2.50. The van der Waals surface area contributed by atoms with Crippen molar-refractivity contribution >= 4 is 0 Å². The van der Waals surface area contributed by atoms with E-state index in [-0.39, 0.29) is 0 Å². The molecule has 100 valence electrons. The molecule has 2 saturated heterocycles. The second-order valence-corrected chi connectivity index (χ2v) is 5.42. The fraction of sp³-hybridized carbons (Fsp3) is 0.833. The lowest BCUT2D eigenvalue weighted by Crippen LogP contribution is -2.38. The van der Waals surface area contributed by atoms with Crippen LogP contribution >= 0.6 is 0 Å². The first-order chi connectivity index (χ1) is 8.62. The molecule has 0 spiro atoms. The van der Waals surface area contributed by atoms with Crippen LogP contribution in [0.2, 0.25) is 0 Å². The topological polar surface area (TPSA) is 83.4 Å². The summed E-state index contributed by atoms with van der Waals surface area (Å²) in [5, 5.41) is 4.05. The lowest BCUT2D eigenvalue weighted by atomic mass is 9.95. The van der Waals surface area contributed by atoms with Gasteiger partial charge in [-0.15, -0.1) is 0 Å². The third-order valence-electron chi connectivity index (χ3n) is 3.85. The van der Waals surface area contributed by atoms with Crippen LogP contribution < -0.4 is 5.73 Å². The molecule has 0 radical (unpaired) electrons. The van der Waals surface area contributed by atoms with Gasteiger partial charge in [0.1, 0.15) is 11.1 Å². The summed E-state index contributed by atoms with van der Waals surface area (Å²) in [5.41, 5.74) is 5.14. The predicted octanol–water partition coefficient (Wildman–Crippen LogP) is 1.06. The number of rotatable bonds is 2. The molecule has 2 fully saturated rings. The van der Waals surface area contributed by atoms with Crippen molar-refractivity contribution in [2.45, 2.75) is 43.7 Å². The van der Waals surface area contributed by atoms with Gasteiger partial charge in [0.15, 0.2) is 0 Å². The summed E-state index contributed by atoms with van der Waals surface area (Å²) in [5.74, 6) is 1.07. The van der Waals surface area contributed by atoms with Crippen LogP contribution in [0.4, 0.5) is 0 Å². The summed E-state index contributed by atoms with van der Waals surface area (Å²) in [6.45, 7) is 3.83. The molecule has 6 heteroatoms. The summed E-state index contributed by atoms with van der Waals surface area (Å²) >= 11 is 0. The van der Waals surface area contributed by atoms with Gasteiger partial charge in [-0.25, -0.2) is 0 Å². The van der Waals surface area contributed by atoms with Crippen molar-refractivity contribution in [1.29, 1.82) is 0 Å². The van der Waals surface area contributed by atoms with Crippen molar-refractivity contribution in [2.75, 3.05) is 19.8 Å². The van der Waals surface area contributed by atoms with E-state index in [1.807, 2.05) is 6.92 Å². The van der Waals surface area contributed by atoms with E-state index in [2.05, 4.69) is 10.1 Å². The first kappa shape index (κ1) is 12.1. The highest BCUT2D eigenvalue weighted by molar-refractivity contribution is 5.08. The highest BCUT2D eigenvalue weighted by Gasteiger charge is 2.41. The molecule has 2 aliphatic rings. The van der Waals surface area contributed by atoms with Gasteiger partial charge >= 0.3 is 0 Å². The largest absolute Gasteiger partial charge is 0.379 e. The summed E-state index contributed by atoms with van der Waals surface area (Å²) in [7, 11) is 0. The predicted molar refractivity (Wildman–Crippen MR) is 62.8 cm³/mol. The van der Waals surface area contributed by atoms with Crippen LogP contribution in [0.1, 0.15) is 44.3 Å². The molecular formula is C12H19N3O3. The van der Waals surface area contributed by atoms with Crippen molar-refractivity contribution in [1.82, 2.24) is 10.1 Å². The molecule has 0 aromatic carbocycles. The molecule has 18 heavy (non-hydrogen) atoms. The SMILES string of the molecule is CC1(c2noc(C3(N)CCOC3)n2)CCCCO1. The Morgan fingerprint density at radius 2 is 2.11 bits per heavy atom. The van der Waals surface area contributed by atoms with Gasteiger partial charge in [0.25, 0.3) is 0 Å². The molecule has 1 aromatic heterocycles. The molecule has 0 aliphatic carbocycles. The van der Waals surface area contributed by atoms with Crippen molar-refractivity contribution in [3.63, 3.8) is 0 Å². The van der Waals surface area contributed by atoms with Gasteiger partial charge in [-0.1, -0.05) is 5.16 Å². The van der Waals surface area contributed by atoms with Crippen LogP contribution in [0.3, 0.4) is 0 Å². The Morgan fingerprint density at radius 1 is 1.22 bits per heavy atom. The number of aromatic nitrogens is 2. The Morgan fingerprint density at radius 3 is 2.78 bits per heavy atom. The van der Waals surface area contributed by atoms with Crippen molar-refractivity contribution in [3.8, 4) is 0 Å². The first-order valence-electron chi connectivity index (χ1n) is 6.48. The van der Waals surface area contributed by atoms with Crippen LogP contribution in [-0.2, 0) is 20.6 Å². The van der Waals surface area contributed by atoms with E-state index in [0.29, 0.717) is 31.3 Å². The van der Waals surface area contributed by atoms with Crippen LogP contribution in [0.25, 0.3) is 0 Å². The van der Waals surface area contributed by atoms with Crippen molar-refractivity contribution < 1.29 is 14.0 Å². The fourth-order valence-corrected chi connectivity index (χ4v) is 2.50. The molecule has 0 amide bonds. The van der Waals surface area contributed by atoms with Gasteiger partial charge < -0.3 is 19.7 Å². The molecule has 2 N–H and O–H groups in total. The zero-order valence-corrected chi connectivity index (χ0v) is 10.6. The zero-order chi connectivity index (χ0) is 12.6. The van der Waals surface area contributed by atoms with E-state index in [9.17, 15) is 0 Å². The van der Waals surface area contributed by atoms with E-state index in [0.717, 1.165) is 25.9 Å². The molecule has 0 bridgehead atoms. The second-order valence-electron chi connectivity index (χ2n) is 5.42. The number of ether oxygens (including phenoxy) is 2. The molecule has 3 heterocycles. The highest BCUT2D eigenvalue weighted by atomic mass is 16.5. The van der Waals surface area contributed by atoms with Gasteiger partial charge in [0.2, 0.25) is 11.7 Å². The number of nitrogens with zero attached hydrogens (tertiary/aromatic N) is 2. The molecule has 0 saturated carbocycles. The monoisotopic (exact) mass is 253 g/mol. The van der Waals surface area contributed by atoms with Gasteiger partial charge in [-0.3, -0.25) is 0 Å². The third kappa shape index (κ3) is 1.94. The average molecular weight is 253 g/mol. The zero-order valence-electron chi connectivity index (χ0n) is 10.6. The minimum Gasteiger partial charge on any atom is -0.379 e. The number of hydrogen-bond acceptors (Lipinski definition) is 6. The molecule has 2 aliphatic heterocycles. The molecule has 2 atom stereocenters. The van der Waals surface area contributed by atoms with E-state index in [1.54, 1.807) is 0 Å².